The van der Waals surface area contributed by atoms with Gasteiger partial charge in [0, 0.05) is 23.3 Å². The molecule has 0 amide bonds. The van der Waals surface area contributed by atoms with E-state index in [-0.39, 0.29) is 5.78 Å². The summed E-state index contributed by atoms with van der Waals surface area (Å²) in [6.07, 6.45) is 6.77. The number of hydrogen-bond donors (Lipinski definition) is 0. The highest BCUT2D eigenvalue weighted by Gasteiger charge is 2.39. The van der Waals surface area contributed by atoms with Gasteiger partial charge in [-0.05, 0) is 44.7 Å². The van der Waals surface area contributed by atoms with Gasteiger partial charge in [0.05, 0.1) is 5.54 Å². The van der Waals surface area contributed by atoms with Crippen molar-refractivity contribution >= 4 is 16.6 Å². The molecule has 1 aliphatic heterocycles. The van der Waals surface area contributed by atoms with Crippen molar-refractivity contribution in [1.82, 2.24) is 9.88 Å². The molecule has 2 heterocycles. The van der Waals surface area contributed by atoms with Crippen LogP contribution in [-0.2, 0) is 0 Å². The van der Waals surface area contributed by atoms with Crippen molar-refractivity contribution in [2.45, 2.75) is 38.6 Å². The molecule has 0 spiro atoms. The van der Waals surface area contributed by atoms with E-state index in [1.807, 2.05) is 30.5 Å². The van der Waals surface area contributed by atoms with Gasteiger partial charge in [-0.3, -0.25) is 14.7 Å². The number of fused-ring (bicyclic) bond motifs is 1. The summed E-state index contributed by atoms with van der Waals surface area (Å²) in [7, 11) is 0. The normalized spacial score (nSPS) is 18.8. The van der Waals surface area contributed by atoms with Gasteiger partial charge in [0.2, 0.25) is 0 Å². The van der Waals surface area contributed by atoms with Crippen LogP contribution in [0.3, 0.4) is 0 Å². The maximum absolute atomic E-state index is 13.2. The minimum Gasteiger partial charge on any atom is -0.292 e. The number of Topliss-reactive ketones (excluding diaryl/α,β-unsaturated/α-hetero) is 1. The molecule has 0 radical (unpaired) electrons. The molecule has 0 bridgehead atoms. The second-order valence-corrected chi connectivity index (χ2v) is 6.06. The van der Waals surface area contributed by atoms with Gasteiger partial charge in [0.1, 0.15) is 0 Å². The number of carbonyl (C=O) groups excluding carboxylic acids is 1. The van der Waals surface area contributed by atoms with E-state index in [1.54, 1.807) is 6.20 Å². The van der Waals surface area contributed by atoms with Crippen molar-refractivity contribution in [2.75, 3.05) is 13.1 Å². The van der Waals surface area contributed by atoms with E-state index in [1.165, 1.54) is 12.8 Å². The lowest BCUT2D eigenvalue weighted by Gasteiger charge is -2.36. The SMILES string of the molecule is CCC(C)(C(=O)c1cncc2ccccc12)N1CCCC1. The number of aromatic nitrogens is 1. The highest BCUT2D eigenvalue weighted by Crippen LogP contribution is 2.30. The number of likely N-dealkylation sites (tertiary alicyclic amines) is 1. The number of pyridine rings is 1. The first-order valence-corrected chi connectivity index (χ1v) is 7.79. The standard InChI is InChI=1S/C18H22N2O/c1-3-18(2,20-10-6-7-11-20)17(21)16-13-19-12-14-8-4-5-9-15(14)16/h4-5,8-9,12-13H,3,6-7,10-11H2,1-2H3. The quantitative estimate of drug-likeness (QED) is 0.802. The van der Waals surface area contributed by atoms with Crippen LogP contribution in [0.25, 0.3) is 10.8 Å². The second kappa shape index (κ2) is 5.57. The average Bonchev–Trinajstić information content (AvgIpc) is 3.08. The Balaban J connectivity index is 2.06. The number of ketones is 1. The van der Waals surface area contributed by atoms with Crippen molar-refractivity contribution in [2.24, 2.45) is 0 Å². The van der Waals surface area contributed by atoms with Gasteiger partial charge in [-0.25, -0.2) is 0 Å². The first-order valence-electron chi connectivity index (χ1n) is 7.79. The van der Waals surface area contributed by atoms with E-state index in [9.17, 15) is 4.79 Å². The summed E-state index contributed by atoms with van der Waals surface area (Å²) in [5, 5.41) is 2.04. The summed E-state index contributed by atoms with van der Waals surface area (Å²) in [5.74, 6) is 0.205. The Morgan fingerprint density at radius 1 is 1.24 bits per heavy atom. The molecule has 2 aromatic rings. The molecular formula is C18H22N2O. The van der Waals surface area contributed by atoms with Crippen molar-refractivity contribution < 1.29 is 4.79 Å². The van der Waals surface area contributed by atoms with Crippen molar-refractivity contribution in [3.63, 3.8) is 0 Å². The van der Waals surface area contributed by atoms with E-state index >= 15 is 0 Å². The molecule has 1 unspecified atom stereocenters. The summed E-state index contributed by atoms with van der Waals surface area (Å²) in [6.45, 7) is 6.24. The molecule has 3 heteroatoms. The topological polar surface area (TPSA) is 33.2 Å². The van der Waals surface area contributed by atoms with Gasteiger partial charge in [0.15, 0.2) is 5.78 Å². The molecule has 110 valence electrons. The Morgan fingerprint density at radius 3 is 2.67 bits per heavy atom. The maximum Gasteiger partial charge on any atom is 0.184 e. The molecule has 1 atom stereocenters. The summed E-state index contributed by atoms with van der Waals surface area (Å²) in [5.41, 5.74) is 0.340. The first-order chi connectivity index (χ1) is 10.2. The van der Waals surface area contributed by atoms with Crippen LogP contribution in [0.4, 0.5) is 0 Å². The van der Waals surface area contributed by atoms with E-state index in [0.29, 0.717) is 0 Å². The van der Waals surface area contributed by atoms with Crippen LogP contribution in [0.15, 0.2) is 36.7 Å². The fourth-order valence-corrected chi connectivity index (χ4v) is 3.33. The van der Waals surface area contributed by atoms with Gasteiger partial charge in [-0.1, -0.05) is 31.2 Å². The average molecular weight is 282 g/mol. The lowest BCUT2D eigenvalue weighted by molar-refractivity contribution is 0.0649. The summed E-state index contributed by atoms with van der Waals surface area (Å²) < 4.78 is 0. The Morgan fingerprint density at radius 2 is 1.95 bits per heavy atom. The third kappa shape index (κ3) is 2.36. The van der Waals surface area contributed by atoms with Crippen LogP contribution in [-0.4, -0.2) is 34.3 Å². The van der Waals surface area contributed by atoms with Gasteiger partial charge < -0.3 is 0 Å². The zero-order valence-corrected chi connectivity index (χ0v) is 12.8. The largest absolute Gasteiger partial charge is 0.292 e. The third-order valence-corrected chi connectivity index (χ3v) is 4.89. The van der Waals surface area contributed by atoms with Gasteiger partial charge in [-0.15, -0.1) is 0 Å². The molecule has 3 nitrogen and oxygen atoms in total. The number of rotatable bonds is 4. The number of nitrogens with zero attached hydrogens (tertiary/aromatic N) is 2. The van der Waals surface area contributed by atoms with E-state index < -0.39 is 5.54 Å². The zero-order valence-electron chi connectivity index (χ0n) is 12.8. The van der Waals surface area contributed by atoms with E-state index in [4.69, 9.17) is 0 Å². The van der Waals surface area contributed by atoms with E-state index in [0.717, 1.165) is 35.8 Å². The Hall–Kier alpha value is -1.74. The Bertz CT molecular complexity index is 656. The molecule has 0 N–H and O–H groups in total. The highest BCUT2D eigenvalue weighted by molar-refractivity contribution is 6.11. The highest BCUT2D eigenvalue weighted by atomic mass is 16.1. The van der Waals surface area contributed by atoms with Gasteiger partial charge in [0.25, 0.3) is 0 Å². The van der Waals surface area contributed by atoms with Crippen molar-refractivity contribution in [1.29, 1.82) is 0 Å². The maximum atomic E-state index is 13.2. The van der Waals surface area contributed by atoms with Crippen LogP contribution in [0.2, 0.25) is 0 Å². The molecule has 1 fully saturated rings. The molecule has 0 aliphatic carbocycles. The molecule has 1 aliphatic rings. The van der Waals surface area contributed by atoms with E-state index in [2.05, 4.69) is 23.7 Å². The molecule has 1 aromatic carbocycles. The number of carbonyl (C=O) groups is 1. The summed E-state index contributed by atoms with van der Waals surface area (Å²) in [6, 6.07) is 8.00. The predicted octanol–water partition coefficient (Wildman–Crippen LogP) is 3.68. The zero-order chi connectivity index (χ0) is 14.9. The summed E-state index contributed by atoms with van der Waals surface area (Å²) >= 11 is 0. The van der Waals surface area contributed by atoms with Crippen LogP contribution in [0.5, 0.6) is 0 Å². The van der Waals surface area contributed by atoms with Crippen LogP contribution < -0.4 is 0 Å². The third-order valence-electron chi connectivity index (χ3n) is 4.89. The minimum absolute atomic E-state index is 0.205. The lowest BCUT2D eigenvalue weighted by atomic mass is 9.86. The molecule has 0 saturated carbocycles. The second-order valence-electron chi connectivity index (χ2n) is 6.06. The fourth-order valence-electron chi connectivity index (χ4n) is 3.33. The monoisotopic (exact) mass is 282 g/mol. The molecule has 3 rings (SSSR count). The predicted molar refractivity (Wildman–Crippen MR) is 85.6 cm³/mol. The van der Waals surface area contributed by atoms with Crippen LogP contribution >= 0.6 is 0 Å². The molecule has 1 saturated heterocycles. The Labute approximate surface area is 126 Å². The lowest BCUT2D eigenvalue weighted by Crippen LogP contribution is -2.50. The smallest absolute Gasteiger partial charge is 0.184 e. The Kier molecular flexibility index (Phi) is 3.77. The van der Waals surface area contributed by atoms with Gasteiger partial charge in [-0.2, -0.15) is 0 Å². The van der Waals surface area contributed by atoms with Gasteiger partial charge >= 0.3 is 0 Å². The first kappa shape index (κ1) is 14.2. The fraction of sp³-hybridized carbons (Fsp3) is 0.444. The van der Waals surface area contributed by atoms with Crippen molar-refractivity contribution in [3.8, 4) is 0 Å². The van der Waals surface area contributed by atoms with Crippen LogP contribution in [0.1, 0.15) is 43.5 Å². The van der Waals surface area contributed by atoms with Crippen molar-refractivity contribution in [3.05, 3.63) is 42.2 Å². The minimum atomic E-state index is -0.414. The molecule has 1 aromatic heterocycles. The summed E-state index contributed by atoms with van der Waals surface area (Å²) in [4.78, 5) is 19.8. The van der Waals surface area contributed by atoms with Crippen LogP contribution in [0, 0.1) is 0 Å². The molecular weight excluding hydrogens is 260 g/mol. The number of hydrogen-bond acceptors (Lipinski definition) is 3. The number of benzene rings is 1. The molecule has 21 heavy (non-hydrogen) atoms.